The van der Waals surface area contributed by atoms with Gasteiger partial charge in [-0.1, -0.05) is 19.3 Å². The van der Waals surface area contributed by atoms with E-state index in [1.54, 1.807) is 0 Å². The van der Waals surface area contributed by atoms with Gasteiger partial charge in [0.15, 0.2) is 0 Å². The molecule has 3 rings (SSSR count). The summed E-state index contributed by atoms with van der Waals surface area (Å²) in [6.07, 6.45) is 6.80. The van der Waals surface area contributed by atoms with Crippen molar-refractivity contribution in [3.63, 3.8) is 0 Å². The summed E-state index contributed by atoms with van der Waals surface area (Å²) >= 11 is 0. The molecule has 0 unspecified atom stereocenters. The zero-order valence-corrected chi connectivity index (χ0v) is 12.4. The number of aromatic carboxylic acids is 1. The molecule has 3 heteroatoms. The minimum Gasteiger partial charge on any atom is -0.478 e. The highest BCUT2D eigenvalue weighted by molar-refractivity contribution is 5.91. The van der Waals surface area contributed by atoms with Gasteiger partial charge in [-0.15, -0.1) is 0 Å². The van der Waals surface area contributed by atoms with Crippen LogP contribution in [0.15, 0.2) is 12.1 Å². The van der Waals surface area contributed by atoms with Gasteiger partial charge in [0.1, 0.15) is 0 Å². The number of aryl methyl sites for hydroxylation is 1. The number of carboxylic acid groups (broad SMARTS) is 1. The molecule has 0 radical (unpaired) electrons. The molecule has 2 aliphatic rings. The van der Waals surface area contributed by atoms with E-state index in [-0.39, 0.29) is 0 Å². The van der Waals surface area contributed by atoms with E-state index in [1.165, 1.54) is 32.1 Å². The minimum atomic E-state index is -0.819. The molecule has 1 aromatic rings. The number of hydrogen-bond acceptors (Lipinski definition) is 2. The van der Waals surface area contributed by atoms with E-state index >= 15 is 0 Å². The summed E-state index contributed by atoms with van der Waals surface area (Å²) in [4.78, 5) is 13.7. The Hall–Kier alpha value is -1.51. The number of carboxylic acids is 1. The molecule has 1 heterocycles. The molecule has 1 N–H and O–H groups in total. The van der Waals surface area contributed by atoms with Crippen LogP contribution in [0.2, 0.25) is 0 Å². The minimum absolute atomic E-state index is 0.449. The first-order valence-corrected chi connectivity index (χ1v) is 7.60. The lowest BCUT2D eigenvalue weighted by Crippen LogP contribution is -2.57. The number of carbonyl (C=O) groups is 1. The smallest absolute Gasteiger partial charge is 0.336 e. The van der Waals surface area contributed by atoms with Gasteiger partial charge in [-0.2, -0.15) is 0 Å². The lowest BCUT2D eigenvalue weighted by atomic mass is 9.68. The molecule has 1 spiro atoms. The van der Waals surface area contributed by atoms with Crippen molar-refractivity contribution < 1.29 is 9.90 Å². The summed E-state index contributed by atoms with van der Waals surface area (Å²) in [5, 5.41) is 9.31. The summed E-state index contributed by atoms with van der Waals surface area (Å²) in [5.74, 6) is -0.819. The van der Waals surface area contributed by atoms with Gasteiger partial charge in [0.2, 0.25) is 0 Å². The fourth-order valence-electron chi connectivity index (χ4n) is 3.81. The van der Waals surface area contributed by atoms with E-state index < -0.39 is 5.97 Å². The first-order valence-electron chi connectivity index (χ1n) is 7.60. The molecule has 1 aromatic carbocycles. The number of benzene rings is 1. The highest BCUT2D eigenvalue weighted by Gasteiger charge is 2.43. The highest BCUT2D eigenvalue weighted by Crippen LogP contribution is 2.45. The van der Waals surface area contributed by atoms with Crippen molar-refractivity contribution in [2.75, 3.05) is 18.0 Å². The second-order valence-corrected chi connectivity index (χ2v) is 6.66. The third-order valence-electron chi connectivity index (χ3n) is 5.21. The zero-order chi connectivity index (χ0) is 14.3. The van der Waals surface area contributed by atoms with Crippen molar-refractivity contribution in [3.05, 3.63) is 28.8 Å². The topological polar surface area (TPSA) is 40.5 Å². The second kappa shape index (κ2) is 4.80. The molecular formula is C17H23NO2. The monoisotopic (exact) mass is 273 g/mol. The maximum absolute atomic E-state index is 11.3. The van der Waals surface area contributed by atoms with Gasteiger partial charge in [0, 0.05) is 24.2 Å². The maximum Gasteiger partial charge on any atom is 0.336 e. The van der Waals surface area contributed by atoms with Gasteiger partial charge >= 0.3 is 5.97 Å². The van der Waals surface area contributed by atoms with Crippen molar-refractivity contribution in [3.8, 4) is 0 Å². The Kier molecular flexibility index (Phi) is 3.23. The van der Waals surface area contributed by atoms with Gasteiger partial charge in [-0.3, -0.25) is 0 Å². The average molecular weight is 273 g/mol. The molecule has 108 valence electrons. The maximum atomic E-state index is 11.3. The molecule has 1 aliphatic carbocycles. The number of rotatable bonds is 2. The standard InChI is InChI=1S/C17H23NO2/c1-12-8-14(9-15(13(12)2)16(19)20)18-10-17(11-18)6-4-3-5-7-17/h8-9H,3-7,10-11H2,1-2H3,(H,19,20). The number of nitrogens with zero attached hydrogens (tertiary/aromatic N) is 1. The van der Waals surface area contributed by atoms with Crippen molar-refractivity contribution >= 4 is 11.7 Å². The first kappa shape index (κ1) is 13.5. The lowest BCUT2D eigenvalue weighted by Gasteiger charge is -2.53. The zero-order valence-electron chi connectivity index (χ0n) is 12.4. The summed E-state index contributed by atoms with van der Waals surface area (Å²) in [6, 6.07) is 3.98. The van der Waals surface area contributed by atoms with Gasteiger partial charge in [-0.25, -0.2) is 4.79 Å². The van der Waals surface area contributed by atoms with Crippen molar-refractivity contribution in [1.29, 1.82) is 0 Å². The van der Waals surface area contributed by atoms with Crippen LogP contribution >= 0.6 is 0 Å². The Morgan fingerprint density at radius 1 is 1.15 bits per heavy atom. The van der Waals surface area contributed by atoms with E-state index in [9.17, 15) is 9.90 Å². The predicted octanol–water partition coefficient (Wildman–Crippen LogP) is 3.77. The fraction of sp³-hybridized carbons (Fsp3) is 0.588. The molecule has 1 saturated carbocycles. The third kappa shape index (κ3) is 2.19. The van der Waals surface area contributed by atoms with Crippen LogP contribution in [0.25, 0.3) is 0 Å². The summed E-state index contributed by atoms with van der Waals surface area (Å²) in [5.41, 5.74) is 4.02. The van der Waals surface area contributed by atoms with E-state index in [4.69, 9.17) is 0 Å². The Balaban J connectivity index is 1.81. The molecule has 0 atom stereocenters. The van der Waals surface area contributed by atoms with Crippen LogP contribution in [0.1, 0.15) is 53.6 Å². The van der Waals surface area contributed by atoms with Crippen molar-refractivity contribution in [2.45, 2.75) is 46.0 Å². The molecule has 3 nitrogen and oxygen atoms in total. The Morgan fingerprint density at radius 2 is 1.80 bits per heavy atom. The normalized spacial score (nSPS) is 20.8. The molecule has 0 amide bonds. The molecule has 0 bridgehead atoms. The Bertz CT molecular complexity index is 536. The Labute approximate surface area is 120 Å². The van der Waals surface area contributed by atoms with E-state index in [0.717, 1.165) is 29.9 Å². The van der Waals surface area contributed by atoms with Crippen LogP contribution in [0.3, 0.4) is 0 Å². The van der Waals surface area contributed by atoms with Gasteiger partial charge in [0.25, 0.3) is 0 Å². The van der Waals surface area contributed by atoms with Crippen LogP contribution in [0.5, 0.6) is 0 Å². The van der Waals surface area contributed by atoms with Gasteiger partial charge in [-0.05, 0) is 49.9 Å². The fourth-order valence-corrected chi connectivity index (χ4v) is 3.81. The largest absolute Gasteiger partial charge is 0.478 e. The van der Waals surface area contributed by atoms with Crippen LogP contribution in [-0.4, -0.2) is 24.2 Å². The number of anilines is 1. The highest BCUT2D eigenvalue weighted by atomic mass is 16.4. The molecular weight excluding hydrogens is 250 g/mol. The van der Waals surface area contributed by atoms with Crippen molar-refractivity contribution in [1.82, 2.24) is 0 Å². The summed E-state index contributed by atoms with van der Waals surface area (Å²) in [6.45, 7) is 6.10. The lowest BCUT2D eigenvalue weighted by molar-refractivity contribution is 0.0696. The van der Waals surface area contributed by atoms with E-state index in [2.05, 4.69) is 11.0 Å². The van der Waals surface area contributed by atoms with Crippen LogP contribution in [-0.2, 0) is 0 Å². The summed E-state index contributed by atoms with van der Waals surface area (Å²) < 4.78 is 0. The third-order valence-corrected chi connectivity index (χ3v) is 5.21. The average Bonchev–Trinajstić information content (AvgIpc) is 2.39. The Morgan fingerprint density at radius 3 is 2.40 bits per heavy atom. The number of hydrogen-bond donors (Lipinski definition) is 1. The molecule has 20 heavy (non-hydrogen) atoms. The van der Waals surface area contributed by atoms with E-state index in [0.29, 0.717) is 11.0 Å². The van der Waals surface area contributed by atoms with E-state index in [1.807, 2.05) is 19.9 Å². The van der Waals surface area contributed by atoms with Crippen LogP contribution < -0.4 is 4.90 Å². The summed E-state index contributed by atoms with van der Waals surface area (Å²) in [7, 11) is 0. The molecule has 1 saturated heterocycles. The predicted molar refractivity (Wildman–Crippen MR) is 80.6 cm³/mol. The molecule has 1 aliphatic heterocycles. The van der Waals surface area contributed by atoms with Gasteiger partial charge < -0.3 is 10.0 Å². The first-order chi connectivity index (χ1) is 9.51. The van der Waals surface area contributed by atoms with Crippen LogP contribution in [0.4, 0.5) is 5.69 Å². The van der Waals surface area contributed by atoms with Crippen molar-refractivity contribution in [2.24, 2.45) is 5.41 Å². The molecule has 0 aromatic heterocycles. The SMILES string of the molecule is Cc1cc(N2CC3(CCCCC3)C2)cc(C(=O)O)c1C. The van der Waals surface area contributed by atoms with Gasteiger partial charge in [0.05, 0.1) is 5.56 Å². The second-order valence-electron chi connectivity index (χ2n) is 6.66. The quantitative estimate of drug-likeness (QED) is 0.891. The van der Waals surface area contributed by atoms with Crippen LogP contribution in [0, 0.1) is 19.3 Å². The molecule has 2 fully saturated rings.